The minimum Gasteiger partial charge on any atom is -0.208 e. The second-order valence-electron chi connectivity index (χ2n) is 17.5. The smallest absolute Gasteiger partial charge is 0.164 e. The molecule has 13 rings (SSSR count). The quantitative estimate of drug-likeness (QED) is 0.173. The summed E-state index contributed by atoms with van der Waals surface area (Å²) in [7, 11) is 0. The van der Waals surface area contributed by atoms with Gasteiger partial charge in [-0.15, -0.1) is 11.3 Å². The molecule has 1 aliphatic carbocycles. The van der Waals surface area contributed by atoms with Crippen molar-refractivity contribution in [2.45, 2.75) is 19.3 Å². The zero-order valence-electron chi connectivity index (χ0n) is 35.3. The molecule has 0 fully saturated rings. The van der Waals surface area contributed by atoms with Crippen LogP contribution < -0.4 is 0 Å². The van der Waals surface area contributed by atoms with Crippen molar-refractivity contribution in [3.63, 3.8) is 0 Å². The number of nitrogens with zero attached hydrogens (tertiary/aromatic N) is 3. The van der Waals surface area contributed by atoms with E-state index in [0.29, 0.717) is 17.5 Å². The van der Waals surface area contributed by atoms with Gasteiger partial charge in [-0.25, -0.2) is 15.0 Å². The lowest BCUT2D eigenvalue weighted by Gasteiger charge is -2.21. The number of benzene rings is 10. The van der Waals surface area contributed by atoms with E-state index in [2.05, 4.69) is 214 Å². The fourth-order valence-corrected chi connectivity index (χ4v) is 11.5. The first-order valence-corrected chi connectivity index (χ1v) is 22.7. The Morgan fingerprint density at radius 2 is 0.891 bits per heavy atom. The van der Waals surface area contributed by atoms with Gasteiger partial charge >= 0.3 is 0 Å². The second kappa shape index (κ2) is 14.1. The fraction of sp³-hybridized carbons (Fsp3) is 0.0500. The molecule has 1 aliphatic rings. The largest absolute Gasteiger partial charge is 0.208 e. The monoisotopic (exact) mass is 833 g/mol. The van der Waals surface area contributed by atoms with Gasteiger partial charge in [-0.1, -0.05) is 190 Å². The lowest BCUT2D eigenvalue weighted by Crippen LogP contribution is -2.15. The maximum absolute atomic E-state index is 5.39. The van der Waals surface area contributed by atoms with Crippen LogP contribution in [0.2, 0.25) is 0 Å². The standard InChI is InChI=1S/C60H39N3S/c1-60(2)52-23-13-12-21-47(52)48-28-27-41(33-53(48)60)58-61-57(40-25-24-36-14-6-7-17-38(36)32-40)62-59(63-58)51-35-55-56(49-22-11-10-20-46(49)51)50-29-26-39(34-54(50)64-55)43-31-30-42(37-15-4-3-5-16-37)44-18-8-9-19-45(43)44/h3-35H,1-2H3. The van der Waals surface area contributed by atoms with Crippen LogP contribution in [-0.2, 0) is 5.41 Å². The minimum atomic E-state index is -0.153. The van der Waals surface area contributed by atoms with Gasteiger partial charge in [0.1, 0.15) is 0 Å². The van der Waals surface area contributed by atoms with Gasteiger partial charge in [-0.2, -0.15) is 0 Å². The number of hydrogen-bond donors (Lipinski definition) is 0. The predicted octanol–water partition coefficient (Wildman–Crippen LogP) is 16.3. The molecule has 0 bridgehead atoms. The summed E-state index contributed by atoms with van der Waals surface area (Å²) < 4.78 is 2.46. The lowest BCUT2D eigenvalue weighted by atomic mass is 9.82. The van der Waals surface area contributed by atoms with Crippen LogP contribution in [0.3, 0.4) is 0 Å². The van der Waals surface area contributed by atoms with Crippen LogP contribution >= 0.6 is 11.3 Å². The van der Waals surface area contributed by atoms with Crippen molar-refractivity contribution < 1.29 is 0 Å². The Hall–Kier alpha value is -7.79. The van der Waals surface area contributed by atoms with Crippen LogP contribution in [-0.4, -0.2) is 15.0 Å². The number of hydrogen-bond acceptors (Lipinski definition) is 4. The van der Waals surface area contributed by atoms with Crippen molar-refractivity contribution in [3.8, 4) is 67.5 Å². The first-order valence-electron chi connectivity index (χ1n) is 21.9. The van der Waals surface area contributed by atoms with E-state index in [9.17, 15) is 0 Å². The summed E-state index contributed by atoms with van der Waals surface area (Å²) in [5.41, 5.74) is 12.9. The molecule has 0 saturated carbocycles. The summed E-state index contributed by atoms with van der Waals surface area (Å²) in [5, 5.41) is 9.67. The Morgan fingerprint density at radius 1 is 0.328 bits per heavy atom. The molecule has 10 aromatic carbocycles. The molecule has 2 heterocycles. The molecule has 0 amide bonds. The summed E-state index contributed by atoms with van der Waals surface area (Å²) in [6, 6.07) is 72.6. The van der Waals surface area contributed by atoms with E-state index in [1.165, 1.54) is 86.2 Å². The maximum atomic E-state index is 5.39. The van der Waals surface area contributed by atoms with E-state index in [1.807, 2.05) is 11.3 Å². The summed E-state index contributed by atoms with van der Waals surface area (Å²) in [4.78, 5) is 16.0. The Bertz CT molecular complexity index is 3880. The Morgan fingerprint density at radius 3 is 1.67 bits per heavy atom. The molecule has 0 N–H and O–H groups in total. The average Bonchev–Trinajstić information content (AvgIpc) is 3.84. The van der Waals surface area contributed by atoms with Crippen LogP contribution in [0.25, 0.3) is 120 Å². The summed E-state index contributed by atoms with van der Waals surface area (Å²) in [6.45, 7) is 4.64. The highest BCUT2D eigenvalue weighted by Gasteiger charge is 2.35. The molecule has 3 nitrogen and oxygen atoms in total. The van der Waals surface area contributed by atoms with E-state index in [1.54, 1.807) is 0 Å². The van der Waals surface area contributed by atoms with Gasteiger partial charge < -0.3 is 0 Å². The van der Waals surface area contributed by atoms with Crippen LogP contribution in [0.4, 0.5) is 0 Å². The third-order valence-corrected chi connectivity index (χ3v) is 14.6. The Balaban J connectivity index is 0.996. The van der Waals surface area contributed by atoms with Crippen molar-refractivity contribution >= 4 is 63.8 Å². The van der Waals surface area contributed by atoms with Gasteiger partial charge in [0.25, 0.3) is 0 Å². The third kappa shape index (κ3) is 5.69. The predicted molar refractivity (Wildman–Crippen MR) is 270 cm³/mol. The van der Waals surface area contributed by atoms with Crippen molar-refractivity contribution in [3.05, 3.63) is 211 Å². The molecule has 0 radical (unpaired) electrons. The molecule has 64 heavy (non-hydrogen) atoms. The fourth-order valence-electron chi connectivity index (χ4n) is 10.3. The van der Waals surface area contributed by atoms with Gasteiger partial charge in [-0.05, 0) is 101 Å². The second-order valence-corrected chi connectivity index (χ2v) is 18.6. The van der Waals surface area contributed by atoms with Crippen molar-refractivity contribution in [1.82, 2.24) is 15.0 Å². The number of rotatable bonds is 5. The molecule has 0 saturated heterocycles. The van der Waals surface area contributed by atoms with Gasteiger partial charge in [0.15, 0.2) is 17.5 Å². The lowest BCUT2D eigenvalue weighted by molar-refractivity contribution is 0.660. The minimum absolute atomic E-state index is 0.153. The van der Waals surface area contributed by atoms with Crippen LogP contribution in [0.1, 0.15) is 25.0 Å². The molecule has 4 heteroatoms. The van der Waals surface area contributed by atoms with Gasteiger partial charge in [-0.3, -0.25) is 0 Å². The molecule has 0 spiro atoms. The van der Waals surface area contributed by atoms with E-state index >= 15 is 0 Å². The summed E-state index contributed by atoms with van der Waals surface area (Å²) >= 11 is 1.84. The normalized spacial score (nSPS) is 13.0. The molecule has 12 aromatic rings. The van der Waals surface area contributed by atoms with Gasteiger partial charge in [0.2, 0.25) is 0 Å². The highest BCUT2D eigenvalue weighted by molar-refractivity contribution is 7.26. The van der Waals surface area contributed by atoms with E-state index < -0.39 is 0 Å². The number of fused-ring (bicyclic) bond motifs is 10. The highest BCUT2D eigenvalue weighted by Crippen LogP contribution is 2.50. The maximum Gasteiger partial charge on any atom is 0.164 e. The first kappa shape index (κ1) is 36.8. The summed E-state index contributed by atoms with van der Waals surface area (Å²) in [5.74, 6) is 1.99. The highest BCUT2D eigenvalue weighted by atomic mass is 32.1. The van der Waals surface area contributed by atoms with Crippen molar-refractivity contribution in [1.29, 1.82) is 0 Å². The van der Waals surface area contributed by atoms with Crippen molar-refractivity contribution in [2.75, 3.05) is 0 Å². The molecule has 0 atom stereocenters. The SMILES string of the molecule is CC1(C)c2ccccc2-c2ccc(-c3nc(-c4ccc5ccccc5c4)nc(-c4cc5sc6cc(-c7ccc(-c8ccccc8)c8ccccc78)ccc6c5c5ccccc45)n3)cc21. The topological polar surface area (TPSA) is 38.7 Å². The Kier molecular flexibility index (Phi) is 8.12. The van der Waals surface area contributed by atoms with Gasteiger partial charge in [0, 0.05) is 42.3 Å². The van der Waals surface area contributed by atoms with Crippen LogP contribution in [0.15, 0.2) is 200 Å². The molecular formula is C60H39N3S. The zero-order valence-corrected chi connectivity index (χ0v) is 36.1. The molecule has 2 aromatic heterocycles. The molecule has 0 unspecified atom stereocenters. The van der Waals surface area contributed by atoms with E-state index in [4.69, 9.17) is 15.0 Å². The summed E-state index contributed by atoms with van der Waals surface area (Å²) in [6.07, 6.45) is 0. The average molecular weight is 834 g/mol. The number of thiophene rings is 1. The molecular weight excluding hydrogens is 795 g/mol. The zero-order chi connectivity index (χ0) is 42.5. The van der Waals surface area contributed by atoms with Gasteiger partial charge in [0.05, 0.1) is 0 Å². The Labute approximate surface area is 375 Å². The van der Waals surface area contributed by atoms with Crippen LogP contribution in [0.5, 0.6) is 0 Å². The van der Waals surface area contributed by atoms with E-state index in [-0.39, 0.29) is 5.41 Å². The van der Waals surface area contributed by atoms with E-state index in [0.717, 1.165) is 27.5 Å². The third-order valence-electron chi connectivity index (χ3n) is 13.5. The molecule has 300 valence electrons. The van der Waals surface area contributed by atoms with Crippen LogP contribution in [0, 0.1) is 0 Å². The van der Waals surface area contributed by atoms with Crippen molar-refractivity contribution in [2.24, 2.45) is 0 Å². The number of aromatic nitrogens is 3. The first-order chi connectivity index (χ1) is 31.5. The molecule has 0 aliphatic heterocycles.